The zero-order valence-corrected chi connectivity index (χ0v) is 17.7. The van der Waals surface area contributed by atoms with E-state index in [-0.39, 0.29) is 5.91 Å². The number of nitrogens with one attached hydrogen (secondary N) is 1. The van der Waals surface area contributed by atoms with Crippen molar-refractivity contribution in [3.05, 3.63) is 89.3 Å². The van der Waals surface area contributed by atoms with Gasteiger partial charge in [-0.3, -0.25) is 4.79 Å². The zero-order chi connectivity index (χ0) is 20.9. The molecule has 0 spiro atoms. The predicted molar refractivity (Wildman–Crippen MR) is 123 cm³/mol. The van der Waals surface area contributed by atoms with E-state index in [1.54, 1.807) is 7.11 Å². The molecule has 0 bridgehead atoms. The summed E-state index contributed by atoms with van der Waals surface area (Å²) in [5.74, 6) is 0.738. The molecular formula is C25H22N2O2S. The van der Waals surface area contributed by atoms with Crippen molar-refractivity contribution < 1.29 is 9.53 Å². The first-order valence-corrected chi connectivity index (χ1v) is 10.5. The number of carbonyl (C=O) groups excluding carboxylic acids is 1. The van der Waals surface area contributed by atoms with E-state index in [4.69, 9.17) is 4.74 Å². The van der Waals surface area contributed by atoms with E-state index in [0.29, 0.717) is 11.6 Å². The number of methoxy groups -OCH3 is 1. The fourth-order valence-electron chi connectivity index (χ4n) is 3.33. The number of ether oxygens (including phenoxy) is 1. The maximum Gasteiger partial charge on any atom is 0.230 e. The van der Waals surface area contributed by atoms with Crippen LogP contribution in [0.15, 0.2) is 78.2 Å². The van der Waals surface area contributed by atoms with Gasteiger partial charge >= 0.3 is 0 Å². The third kappa shape index (κ3) is 4.58. The van der Waals surface area contributed by atoms with Gasteiger partial charge in [-0.25, -0.2) is 4.98 Å². The van der Waals surface area contributed by atoms with Crippen LogP contribution < -0.4 is 10.1 Å². The minimum absolute atomic E-state index is 0.0834. The first-order chi connectivity index (χ1) is 14.6. The number of aromatic nitrogens is 1. The summed E-state index contributed by atoms with van der Waals surface area (Å²) in [6.07, 6.45) is 0.297. The predicted octanol–water partition coefficient (Wildman–Crippen LogP) is 5.98. The largest absolute Gasteiger partial charge is 0.496 e. The van der Waals surface area contributed by atoms with Crippen molar-refractivity contribution in [3.8, 4) is 28.1 Å². The molecular weight excluding hydrogens is 392 g/mol. The second-order valence-electron chi connectivity index (χ2n) is 7.01. The standard InChI is InChI=1S/C25H22N2O2S/c1-17-14-18(8-13-23(17)29-2)15-24(28)27-25-26-22(16-30-25)21-11-9-20(10-12-21)19-6-4-3-5-7-19/h3-14,16H,15H2,1-2H3,(H,26,27,28). The number of aryl methyl sites for hydroxylation is 1. The van der Waals surface area contributed by atoms with Crippen LogP contribution >= 0.6 is 11.3 Å². The van der Waals surface area contributed by atoms with Crippen LogP contribution in [-0.2, 0) is 11.2 Å². The number of carbonyl (C=O) groups is 1. The molecule has 0 unspecified atom stereocenters. The Balaban J connectivity index is 1.41. The first-order valence-electron chi connectivity index (χ1n) is 9.67. The molecule has 4 nitrogen and oxygen atoms in total. The van der Waals surface area contributed by atoms with Crippen LogP contribution in [0, 0.1) is 6.92 Å². The van der Waals surface area contributed by atoms with Crippen LogP contribution in [0.25, 0.3) is 22.4 Å². The topological polar surface area (TPSA) is 51.2 Å². The summed E-state index contributed by atoms with van der Waals surface area (Å²) in [7, 11) is 1.64. The molecule has 3 aromatic carbocycles. The number of hydrogen-bond acceptors (Lipinski definition) is 4. The van der Waals surface area contributed by atoms with Gasteiger partial charge < -0.3 is 10.1 Å². The lowest BCUT2D eigenvalue weighted by atomic mass is 10.0. The molecule has 4 aromatic rings. The number of hydrogen-bond donors (Lipinski definition) is 1. The molecule has 0 aliphatic rings. The van der Waals surface area contributed by atoms with E-state index in [1.807, 2.05) is 48.7 Å². The molecule has 30 heavy (non-hydrogen) atoms. The molecule has 0 radical (unpaired) electrons. The molecule has 1 amide bonds. The smallest absolute Gasteiger partial charge is 0.230 e. The van der Waals surface area contributed by atoms with Gasteiger partial charge in [0.1, 0.15) is 5.75 Å². The SMILES string of the molecule is COc1ccc(CC(=O)Nc2nc(-c3ccc(-c4ccccc4)cc3)cs2)cc1C. The lowest BCUT2D eigenvalue weighted by Crippen LogP contribution is -2.14. The average Bonchev–Trinajstić information content (AvgIpc) is 3.23. The van der Waals surface area contributed by atoms with E-state index in [2.05, 4.69) is 46.7 Å². The van der Waals surface area contributed by atoms with Gasteiger partial charge in [0.25, 0.3) is 0 Å². The molecule has 0 aliphatic carbocycles. The lowest BCUT2D eigenvalue weighted by molar-refractivity contribution is -0.115. The molecule has 1 N–H and O–H groups in total. The summed E-state index contributed by atoms with van der Waals surface area (Å²) in [4.78, 5) is 17.0. The molecule has 1 aromatic heterocycles. The van der Waals surface area contributed by atoms with Crippen LogP contribution in [0.1, 0.15) is 11.1 Å². The lowest BCUT2D eigenvalue weighted by Gasteiger charge is -2.07. The molecule has 5 heteroatoms. The van der Waals surface area contributed by atoms with Crippen molar-refractivity contribution in [2.24, 2.45) is 0 Å². The van der Waals surface area contributed by atoms with Crippen molar-refractivity contribution in [2.45, 2.75) is 13.3 Å². The Morgan fingerprint density at radius 2 is 1.67 bits per heavy atom. The minimum Gasteiger partial charge on any atom is -0.496 e. The van der Waals surface area contributed by atoms with E-state index >= 15 is 0 Å². The van der Waals surface area contributed by atoms with E-state index in [9.17, 15) is 4.79 Å². The van der Waals surface area contributed by atoms with Crippen LogP contribution in [0.4, 0.5) is 5.13 Å². The maximum atomic E-state index is 12.4. The summed E-state index contributed by atoms with van der Waals surface area (Å²) in [6, 6.07) is 24.3. The van der Waals surface area contributed by atoms with Gasteiger partial charge in [-0.15, -0.1) is 11.3 Å². The number of rotatable bonds is 6. The Kier molecular flexibility index (Phi) is 5.91. The Morgan fingerprint density at radius 3 is 2.37 bits per heavy atom. The van der Waals surface area contributed by atoms with Crippen molar-refractivity contribution in [2.75, 3.05) is 12.4 Å². The van der Waals surface area contributed by atoms with Crippen LogP contribution in [0.5, 0.6) is 5.75 Å². The molecule has 0 fully saturated rings. The maximum absolute atomic E-state index is 12.4. The summed E-state index contributed by atoms with van der Waals surface area (Å²) in [5, 5.41) is 5.47. The molecule has 0 aliphatic heterocycles. The highest BCUT2D eigenvalue weighted by molar-refractivity contribution is 7.14. The fraction of sp³-hybridized carbons (Fsp3) is 0.120. The van der Waals surface area contributed by atoms with Gasteiger partial charge in [0, 0.05) is 10.9 Å². The molecule has 0 saturated carbocycles. The number of anilines is 1. The van der Waals surface area contributed by atoms with Crippen molar-refractivity contribution in [3.63, 3.8) is 0 Å². The normalized spacial score (nSPS) is 10.6. The third-order valence-electron chi connectivity index (χ3n) is 4.86. The fourth-order valence-corrected chi connectivity index (χ4v) is 4.06. The number of benzene rings is 3. The van der Waals surface area contributed by atoms with E-state index in [0.717, 1.165) is 33.7 Å². The van der Waals surface area contributed by atoms with Gasteiger partial charge in [0.15, 0.2) is 5.13 Å². The Bertz CT molecular complexity index is 1150. The van der Waals surface area contributed by atoms with Crippen LogP contribution in [0.3, 0.4) is 0 Å². The Hall–Kier alpha value is -3.44. The molecule has 0 saturated heterocycles. The van der Waals surface area contributed by atoms with Gasteiger partial charge in [0.05, 0.1) is 19.2 Å². The first kappa shape index (κ1) is 19.9. The van der Waals surface area contributed by atoms with Crippen molar-refractivity contribution in [1.82, 2.24) is 4.98 Å². The number of nitrogens with zero attached hydrogens (tertiary/aromatic N) is 1. The Morgan fingerprint density at radius 1 is 0.967 bits per heavy atom. The zero-order valence-electron chi connectivity index (χ0n) is 16.9. The highest BCUT2D eigenvalue weighted by Crippen LogP contribution is 2.28. The molecule has 0 atom stereocenters. The summed E-state index contributed by atoms with van der Waals surface area (Å²) in [6.45, 7) is 1.97. The Labute approximate surface area is 180 Å². The molecule has 1 heterocycles. The van der Waals surface area contributed by atoms with Crippen LogP contribution in [0.2, 0.25) is 0 Å². The van der Waals surface area contributed by atoms with Gasteiger partial charge in [-0.05, 0) is 35.2 Å². The molecule has 150 valence electrons. The summed E-state index contributed by atoms with van der Waals surface area (Å²) >= 11 is 1.43. The summed E-state index contributed by atoms with van der Waals surface area (Å²) in [5.41, 5.74) is 6.19. The van der Waals surface area contributed by atoms with Crippen molar-refractivity contribution in [1.29, 1.82) is 0 Å². The second kappa shape index (κ2) is 8.93. The highest BCUT2D eigenvalue weighted by atomic mass is 32.1. The van der Waals surface area contributed by atoms with Crippen LogP contribution in [-0.4, -0.2) is 18.0 Å². The van der Waals surface area contributed by atoms with Gasteiger partial charge in [-0.2, -0.15) is 0 Å². The number of amides is 1. The number of thiazole rings is 1. The average molecular weight is 415 g/mol. The van der Waals surface area contributed by atoms with Crippen molar-refractivity contribution >= 4 is 22.4 Å². The minimum atomic E-state index is -0.0834. The second-order valence-corrected chi connectivity index (χ2v) is 7.87. The quantitative estimate of drug-likeness (QED) is 0.422. The monoisotopic (exact) mass is 414 g/mol. The summed E-state index contributed by atoms with van der Waals surface area (Å²) < 4.78 is 5.27. The van der Waals surface area contributed by atoms with E-state index < -0.39 is 0 Å². The van der Waals surface area contributed by atoms with Gasteiger partial charge in [0.2, 0.25) is 5.91 Å². The van der Waals surface area contributed by atoms with Gasteiger partial charge in [-0.1, -0.05) is 66.7 Å². The van der Waals surface area contributed by atoms with E-state index in [1.165, 1.54) is 16.9 Å². The highest BCUT2D eigenvalue weighted by Gasteiger charge is 2.10. The molecule has 4 rings (SSSR count). The third-order valence-corrected chi connectivity index (χ3v) is 5.62.